The lowest BCUT2D eigenvalue weighted by Crippen LogP contribution is -2.07. The summed E-state index contributed by atoms with van der Waals surface area (Å²) in [5.74, 6) is -0.558. The van der Waals surface area contributed by atoms with Crippen molar-refractivity contribution in [1.82, 2.24) is 0 Å². The second-order valence-electron chi connectivity index (χ2n) is 4.40. The lowest BCUT2D eigenvalue weighted by atomic mass is 9.97. The lowest BCUT2D eigenvalue weighted by Gasteiger charge is -2.09. The minimum absolute atomic E-state index is 0. The fraction of sp³-hybridized carbons (Fsp3) is 0.462. The summed E-state index contributed by atoms with van der Waals surface area (Å²) in [6.07, 6.45) is 1.04. The number of benzene rings is 1. The molecule has 1 aromatic carbocycles. The van der Waals surface area contributed by atoms with Gasteiger partial charge >= 0.3 is 5.97 Å². The molecule has 0 unspecified atom stereocenters. The van der Waals surface area contributed by atoms with E-state index in [1.165, 1.54) is 5.56 Å². The van der Waals surface area contributed by atoms with Crippen LogP contribution in [0.5, 0.6) is 0 Å². The zero-order valence-corrected chi connectivity index (χ0v) is 10.0. The molecule has 0 bridgehead atoms. The number of carboxylic acids is 1. The van der Waals surface area contributed by atoms with Crippen LogP contribution in [0.1, 0.15) is 37.8 Å². The first-order valence-corrected chi connectivity index (χ1v) is 5.32. The maximum absolute atomic E-state index is 10.8. The first-order chi connectivity index (χ1) is 7.00. The van der Waals surface area contributed by atoms with Gasteiger partial charge in [-0.25, -0.2) is 0 Å². The predicted molar refractivity (Wildman–Crippen MR) is 64.6 cm³/mol. The highest BCUT2D eigenvalue weighted by Gasteiger charge is 2.12. The zero-order valence-electron chi connectivity index (χ0n) is 10.0. The maximum atomic E-state index is 10.8. The summed E-state index contributed by atoms with van der Waals surface area (Å²) in [5, 5.41) is 8.85. The molecule has 1 rings (SSSR count). The van der Waals surface area contributed by atoms with Crippen LogP contribution in [0.4, 0.5) is 0 Å². The Morgan fingerprint density at radius 1 is 1.19 bits per heavy atom. The molecule has 3 heteroatoms. The van der Waals surface area contributed by atoms with Crippen molar-refractivity contribution in [2.24, 2.45) is 5.92 Å². The molecule has 1 aromatic rings. The predicted octanol–water partition coefficient (Wildman–Crippen LogP) is 2.25. The molecule has 0 heterocycles. The Morgan fingerprint density at radius 2 is 1.69 bits per heavy atom. The van der Waals surface area contributed by atoms with E-state index in [9.17, 15) is 4.79 Å². The molecule has 0 amide bonds. The largest absolute Gasteiger partial charge is 0.481 e. The van der Waals surface area contributed by atoms with Crippen molar-refractivity contribution in [3.8, 4) is 0 Å². The molecule has 0 aliphatic heterocycles. The minimum atomic E-state index is -0.772. The van der Waals surface area contributed by atoms with Crippen LogP contribution in [0.25, 0.3) is 0 Å². The van der Waals surface area contributed by atoms with Gasteiger partial charge in [0.15, 0.2) is 0 Å². The number of hydrogen-bond acceptors (Lipinski definition) is 1. The molecule has 16 heavy (non-hydrogen) atoms. The molecule has 0 saturated heterocycles. The van der Waals surface area contributed by atoms with Gasteiger partial charge in [0.2, 0.25) is 0 Å². The van der Waals surface area contributed by atoms with Crippen molar-refractivity contribution in [1.29, 1.82) is 0 Å². The van der Waals surface area contributed by atoms with Crippen molar-refractivity contribution in [3.63, 3.8) is 0 Å². The second kappa shape index (κ2) is 6.28. The van der Waals surface area contributed by atoms with Gasteiger partial charge in [0, 0.05) is 0 Å². The quantitative estimate of drug-likeness (QED) is 0.852. The van der Waals surface area contributed by atoms with E-state index in [0.717, 1.165) is 12.0 Å². The van der Waals surface area contributed by atoms with E-state index in [-0.39, 0.29) is 5.48 Å². The topological polar surface area (TPSA) is 68.8 Å². The number of rotatable bonds is 4. The fourth-order valence-electron chi connectivity index (χ4n) is 1.56. The fourth-order valence-corrected chi connectivity index (χ4v) is 1.56. The number of aliphatic carboxylic acids is 1. The second-order valence-corrected chi connectivity index (χ2v) is 4.40. The first-order valence-electron chi connectivity index (χ1n) is 5.32. The van der Waals surface area contributed by atoms with Crippen LogP contribution >= 0.6 is 0 Å². The third-order valence-corrected chi connectivity index (χ3v) is 2.49. The van der Waals surface area contributed by atoms with E-state index >= 15 is 0 Å². The third-order valence-electron chi connectivity index (χ3n) is 2.49. The summed E-state index contributed by atoms with van der Waals surface area (Å²) in [6.45, 7) is 6.06. The zero-order chi connectivity index (χ0) is 11.4. The van der Waals surface area contributed by atoms with Crippen molar-refractivity contribution in [2.75, 3.05) is 0 Å². The highest BCUT2D eigenvalue weighted by molar-refractivity contribution is 5.75. The van der Waals surface area contributed by atoms with E-state index in [1.54, 1.807) is 6.92 Å². The van der Waals surface area contributed by atoms with Gasteiger partial charge in [-0.2, -0.15) is 0 Å². The van der Waals surface area contributed by atoms with Crippen LogP contribution in [0.15, 0.2) is 24.3 Å². The molecule has 0 aliphatic rings. The van der Waals surface area contributed by atoms with Crippen molar-refractivity contribution in [2.45, 2.75) is 33.1 Å². The Morgan fingerprint density at radius 3 is 2.06 bits per heavy atom. The van der Waals surface area contributed by atoms with E-state index < -0.39 is 11.9 Å². The molecule has 3 N–H and O–H groups in total. The van der Waals surface area contributed by atoms with Crippen molar-refractivity contribution in [3.05, 3.63) is 35.4 Å². The Balaban J connectivity index is 0.00000225. The molecule has 0 spiro atoms. The number of carbonyl (C=O) groups is 1. The molecule has 0 radical (unpaired) electrons. The third kappa shape index (κ3) is 4.03. The summed E-state index contributed by atoms with van der Waals surface area (Å²) in [7, 11) is 0. The monoisotopic (exact) mass is 224 g/mol. The molecule has 0 aromatic heterocycles. The summed E-state index contributed by atoms with van der Waals surface area (Å²) >= 11 is 0. The van der Waals surface area contributed by atoms with E-state index in [2.05, 4.69) is 13.8 Å². The van der Waals surface area contributed by atoms with Crippen LogP contribution in [-0.4, -0.2) is 16.6 Å². The normalized spacial score (nSPS) is 12.0. The minimum Gasteiger partial charge on any atom is -0.481 e. The van der Waals surface area contributed by atoms with Crippen molar-refractivity contribution < 1.29 is 15.4 Å². The molecule has 0 aliphatic carbocycles. The molecule has 0 fully saturated rings. The summed E-state index contributed by atoms with van der Waals surface area (Å²) < 4.78 is 0. The molecular weight excluding hydrogens is 204 g/mol. The Bertz CT molecular complexity index is 328. The number of hydrogen-bond donors (Lipinski definition) is 1. The van der Waals surface area contributed by atoms with E-state index in [0.29, 0.717) is 5.92 Å². The van der Waals surface area contributed by atoms with Gasteiger partial charge < -0.3 is 10.6 Å². The Labute approximate surface area is 96.4 Å². The van der Waals surface area contributed by atoms with Crippen molar-refractivity contribution >= 4 is 5.97 Å². The average molecular weight is 224 g/mol. The molecule has 3 nitrogen and oxygen atoms in total. The molecule has 90 valence electrons. The maximum Gasteiger partial charge on any atom is 0.310 e. The summed E-state index contributed by atoms with van der Waals surface area (Å²) in [6, 6.07) is 7.87. The lowest BCUT2D eigenvalue weighted by molar-refractivity contribution is -0.138. The molecular formula is C13H20O3. The standard InChI is InChI=1S/C13H18O2.H2O/c1-9(2)8-11-4-6-12(7-5-11)10(3)13(14)15;/h4-7,9-10H,8H2,1-3H3,(H,14,15);1H2/t10-;/m0./s1. The average Bonchev–Trinajstić information content (AvgIpc) is 2.17. The van der Waals surface area contributed by atoms with Gasteiger partial charge in [0.25, 0.3) is 0 Å². The summed E-state index contributed by atoms with van der Waals surface area (Å²) in [4.78, 5) is 10.8. The molecule has 1 atom stereocenters. The number of carboxylic acid groups (broad SMARTS) is 1. The SMILES string of the molecule is CC(C)Cc1ccc([C@H](C)C(=O)O)cc1.O. The molecule has 0 saturated carbocycles. The van der Waals surface area contributed by atoms with Gasteiger partial charge in [-0.3, -0.25) is 4.79 Å². The summed E-state index contributed by atoms with van der Waals surface area (Å²) in [5.41, 5.74) is 2.14. The van der Waals surface area contributed by atoms with Crippen LogP contribution in [0.2, 0.25) is 0 Å². The Kier molecular flexibility index (Phi) is 5.75. The smallest absolute Gasteiger partial charge is 0.310 e. The van der Waals surface area contributed by atoms with Crippen LogP contribution in [0.3, 0.4) is 0 Å². The van der Waals surface area contributed by atoms with Crippen LogP contribution in [0, 0.1) is 5.92 Å². The van der Waals surface area contributed by atoms with Gasteiger partial charge in [0.1, 0.15) is 0 Å². The van der Waals surface area contributed by atoms with Crippen LogP contribution in [-0.2, 0) is 11.2 Å². The van der Waals surface area contributed by atoms with E-state index in [4.69, 9.17) is 5.11 Å². The highest BCUT2D eigenvalue weighted by atomic mass is 16.4. The van der Waals surface area contributed by atoms with Crippen LogP contribution < -0.4 is 0 Å². The Hall–Kier alpha value is -1.35. The first kappa shape index (κ1) is 14.6. The van der Waals surface area contributed by atoms with Gasteiger partial charge in [0.05, 0.1) is 5.92 Å². The highest BCUT2D eigenvalue weighted by Crippen LogP contribution is 2.17. The van der Waals surface area contributed by atoms with Gasteiger partial charge in [-0.05, 0) is 30.4 Å². The van der Waals surface area contributed by atoms with Gasteiger partial charge in [-0.1, -0.05) is 38.1 Å². The van der Waals surface area contributed by atoms with E-state index in [1.807, 2.05) is 24.3 Å². The van der Waals surface area contributed by atoms with Gasteiger partial charge in [-0.15, -0.1) is 0 Å².